The number of rotatable bonds is 6. The van der Waals surface area contributed by atoms with E-state index in [2.05, 4.69) is 25.4 Å². The summed E-state index contributed by atoms with van der Waals surface area (Å²) in [7, 11) is 1.65. The Labute approximate surface area is 121 Å². The molecule has 2 aromatic rings. The molecule has 0 unspecified atom stereocenters. The first-order valence-corrected chi connectivity index (χ1v) is 6.69. The maximum atomic E-state index is 12.1. The molecule has 0 bridgehead atoms. The van der Waals surface area contributed by atoms with Crippen LogP contribution in [0.3, 0.4) is 0 Å². The Bertz CT molecular complexity index is 623. The van der Waals surface area contributed by atoms with E-state index in [0.717, 1.165) is 12.8 Å². The fourth-order valence-electron chi connectivity index (χ4n) is 2.24. The summed E-state index contributed by atoms with van der Waals surface area (Å²) in [6.45, 7) is 0.606. The molecule has 3 rings (SSSR count). The Morgan fingerprint density at radius 3 is 2.81 bits per heavy atom. The summed E-state index contributed by atoms with van der Waals surface area (Å²) in [6.07, 6.45) is 7.02. The van der Waals surface area contributed by atoms with E-state index in [1.807, 2.05) is 0 Å². The van der Waals surface area contributed by atoms with Crippen molar-refractivity contribution in [2.75, 3.05) is 19.0 Å². The lowest BCUT2D eigenvalue weighted by atomic mass is 10.0. The van der Waals surface area contributed by atoms with Gasteiger partial charge in [0.25, 0.3) is 5.95 Å². The molecule has 1 fully saturated rings. The zero-order valence-corrected chi connectivity index (χ0v) is 11.7. The number of amides is 1. The average Bonchev–Trinajstić information content (AvgIpc) is 3.07. The van der Waals surface area contributed by atoms with Crippen LogP contribution < -0.4 is 5.32 Å². The van der Waals surface area contributed by atoms with Crippen LogP contribution in [0.2, 0.25) is 0 Å². The first-order valence-electron chi connectivity index (χ1n) is 6.69. The zero-order valence-electron chi connectivity index (χ0n) is 11.7. The molecule has 0 saturated heterocycles. The van der Waals surface area contributed by atoms with E-state index in [0.29, 0.717) is 24.9 Å². The normalized spacial score (nSPS) is 15.7. The molecule has 1 saturated carbocycles. The molecule has 0 atom stereocenters. The molecule has 0 aliphatic heterocycles. The topological polar surface area (TPSA) is 94.8 Å². The molecule has 1 amide bonds. The SMILES string of the molecule is COCC1(CC(=O)Nc2ncnn2-c2ncccn2)CC1. The van der Waals surface area contributed by atoms with Gasteiger partial charge in [0.15, 0.2) is 0 Å². The van der Waals surface area contributed by atoms with E-state index < -0.39 is 0 Å². The Balaban J connectivity index is 1.69. The molecule has 1 N–H and O–H groups in total. The second-order valence-electron chi connectivity index (χ2n) is 5.20. The molecular weight excluding hydrogens is 272 g/mol. The van der Waals surface area contributed by atoms with Gasteiger partial charge in [-0.2, -0.15) is 14.8 Å². The van der Waals surface area contributed by atoms with Crippen molar-refractivity contribution in [3.8, 4) is 5.95 Å². The molecule has 0 spiro atoms. The van der Waals surface area contributed by atoms with Gasteiger partial charge in [0.2, 0.25) is 11.9 Å². The third-order valence-corrected chi connectivity index (χ3v) is 3.48. The highest BCUT2D eigenvalue weighted by Crippen LogP contribution is 2.48. The van der Waals surface area contributed by atoms with Crippen LogP contribution in [0.15, 0.2) is 24.8 Å². The van der Waals surface area contributed by atoms with Crippen molar-refractivity contribution in [3.63, 3.8) is 0 Å². The Morgan fingerprint density at radius 2 is 2.14 bits per heavy atom. The fourth-order valence-corrected chi connectivity index (χ4v) is 2.24. The van der Waals surface area contributed by atoms with Gasteiger partial charge in [-0.1, -0.05) is 0 Å². The summed E-state index contributed by atoms with van der Waals surface area (Å²) in [5, 5.41) is 6.79. The average molecular weight is 288 g/mol. The minimum Gasteiger partial charge on any atom is -0.384 e. The number of methoxy groups -OCH3 is 1. The standard InChI is InChI=1S/C13H16N6O2/c1-21-8-13(3-4-13)7-10(20)18-12-16-9-17-19(12)11-14-5-2-6-15-11/h2,5-6,9H,3-4,7-8H2,1H3,(H,16,17,18,20). The number of hydrogen-bond donors (Lipinski definition) is 1. The van der Waals surface area contributed by atoms with Crippen LogP contribution >= 0.6 is 0 Å². The highest BCUT2D eigenvalue weighted by molar-refractivity contribution is 5.89. The van der Waals surface area contributed by atoms with Gasteiger partial charge in [0, 0.05) is 31.3 Å². The Morgan fingerprint density at radius 1 is 1.38 bits per heavy atom. The van der Waals surface area contributed by atoms with Crippen LogP contribution in [0.5, 0.6) is 0 Å². The van der Waals surface area contributed by atoms with Gasteiger partial charge < -0.3 is 4.74 Å². The van der Waals surface area contributed by atoms with Crippen molar-refractivity contribution < 1.29 is 9.53 Å². The van der Waals surface area contributed by atoms with Crippen molar-refractivity contribution in [2.24, 2.45) is 5.41 Å². The van der Waals surface area contributed by atoms with Crippen molar-refractivity contribution in [1.82, 2.24) is 24.7 Å². The molecule has 110 valence electrons. The second kappa shape index (κ2) is 5.57. The summed E-state index contributed by atoms with van der Waals surface area (Å²) < 4.78 is 6.56. The van der Waals surface area contributed by atoms with Crippen LogP contribution in [0.4, 0.5) is 5.95 Å². The molecule has 0 aromatic carbocycles. The molecule has 1 aliphatic carbocycles. The number of nitrogens with one attached hydrogen (secondary N) is 1. The quantitative estimate of drug-likeness (QED) is 0.845. The van der Waals surface area contributed by atoms with Crippen molar-refractivity contribution in [2.45, 2.75) is 19.3 Å². The molecule has 21 heavy (non-hydrogen) atoms. The van der Waals surface area contributed by atoms with Gasteiger partial charge >= 0.3 is 0 Å². The smallest absolute Gasteiger partial charge is 0.253 e. The number of hydrogen-bond acceptors (Lipinski definition) is 6. The van der Waals surface area contributed by atoms with E-state index in [9.17, 15) is 4.79 Å². The van der Waals surface area contributed by atoms with Crippen molar-refractivity contribution in [3.05, 3.63) is 24.8 Å². The summed E-state index contributed by atoms with van der Waals surface area (Å²) >= 11 is 0. The number of aromatic nitrogens is 5. The molecule has 1 aliphatic rings. The fraction of sp³-hybridized carbons (Fsp3) is 0.462. The zero-order chi connectivity index (χ0) is 14.7. The summed E-state index contributed by atoms with van der Waals surface area (Å²) in [5.74, 6) is 0.581. The monoisotopic (exact) mass is 288 g/mol. The second-order valence-corrected chi connectivity index (χ2v) is 5.20. The number of ether oxygens (including phenoxy) is 1. The van der Waals surface area contributed by atoms with E-state index in [-0.39, 0.29) is 11.3 Å². The molecule has 8 heteroatoms. The Kier molecular flexibility index (Phi) is 3.61. The minimum atomic E-state index is -0.102. The number of nitrogens with zero attached hydrogens (tertiary/aromatic N) is 5. The van der Waals surface area contributed by atoms with Crippen molar-refractivity contribution >= 4 is 11.9 Å². The van der Waals surface area contributed by atoms with E-state index >= 15 is 0 Å². The summed E-state index contributed by atoms with van der Waals surface area (Å²) in [4.78, 5) is 24.3. The first-order chi connectivity index (χ1) is 10.2. The number of carbonyl (C=O) groups excluding carboxylic acids is 1. The van der Waals surface area contributed by atoms with Crippen LogP contribution in [0.1, 0.15) is 19.3 Å². The minimum absolute atomic E-state index is 0.00701. The van der Waals surface area contributed by atoms with Crippen molar-refractivity contribution in [1.29, 1.82) is 0 Å². The van der Waals surface area contributed by atoms with E-state index in [4.69, 9.17) is 4.74 Å². The van der Waals surface area contributed by atoms with Crippen LogP contribution in [-0.2, 0) is 9.53 Å². The molecule has 2 heterocycles. The van der Waals surface area contributed by atoms with Gasteiger partial charge in [-0.3, -0.25) is 10.1 Å². The van der Waals surface area contributed by atoms with Crippen LogP contribution in [0.25, 0.3) is 5.95 Å². The third-order valence-electron chi connectivity index (χ3n) is 3.48. The predicted octanol–water partition coefficient (Wildman–Crippen LogP) is 0.812. The van der Waals surface area contributed by atoms with E-state index in [1.54, 1.807) is 25.6 Å². The third kappa shape index (κ3) is 3.05. The highest BCUT2D eigenvalue weighted by atomic mass is 16.5. The molecule has 2 aromatic heterocycles. The van der Waals surface area contributed by atoms with Gasteiger partial charge in [0.05, 0.1) is 6.61 Å². The maximum absolute atomic E-state index is 12.1. The van der Waals surface area contributed by atoms with Crippen LogP contribution in [0, 0.1) is 5.41 Å². The molecular formula is C13H16N6O2. The molecule has 8 nitrogen and oxygen atoms in total. The van der Waals surface area contributed by atoms with Gasteiger partial charge in [-0.05, 0) is 18.9 Å². The van der Waals surface area contributed by atoms with Crippen LogP contribution in [-0.4, -0.2) is 44.4 Å². The molecule has 0 radical (unpaired) electrons. The number of anilines is 1. The summed E-state index contributed by atoms with van der Waals surface area (Å²) in [5.41, 5.74) is -0.00701. The van der Waals surface area contributed by atoms with Gasteiger partial charge in [-0.25, -0.2) is 9.97 Å². The maximum Gasteiger partial charge on any atom is 0.253 e. The highest BCUT2D eigenvalue weighted by Gasteiger charge is 2.44. The lowest BCUT2D eigenvalue weighted by molar-refractivity contribution is -0.117. The lowest BCUT2D eigenvalue weighted by Gasteiger charge is -2.13. The predicted molar refractivity (Wildman–Crippen MR) is 73.7 cm³/mol. The number of carbonyl (C=O) groups is 1. The van der Waals surface area contributed by atoms with Gasteiger partial charge in [-0.15, -0.1) is 0 Å². The largest absolute Gasteiger partial charge is 0.384 e. The summed E-state index contributed by atoms with van der Waals surface area (Å²) in [6, 6.07) is 1.71. The lowest BCUT2D eigenvalue weighted by Crippen LogP contribution is -2.22. The van der Waals surface area contributed by atoms with E-state index in [1.165, 1.54) is 11.0 Å². The first kappa shape index (κ1) is 13.6. The van der Waals surface area contributed by atoms with Gasteiger partial charge in [0.1, 0.15) is 6.33 Å². The Hall–Kier alpha value is -2.35.